The molecule has 0 spiro atoms. The van der Waals surface area contributed by atoms with E-state index in [1.54, 1.807) is 6.20 Å². The van der Waals surface area contributed by atoms with Crippen LogP contribution in [0.1, 0.15) is 12.5 Å². The van der Waals surface area contributed by atoms with Crippen molar-refractivity contribution in [2.75, 3.05) is 19.0 Å². The molecular weight excluding hydrogens is 148 g/mol. The Morgan fingerprint density at radius 3 is 2.58 bits per heavy atom. The number of hydrogen-bond acceptors (Lipinski definition) is 2. The zero-order valence-corrected chi connectivity index (χ0v) is 7.83. The molecule has 12 heavy (non-hydrogen) atoms. The van der Waals surface area contributed by atoms with Gasteiger partial charge in [-0.15, -0.1) is 0 Å². The molecule has 2 nitrogen and oxygen atoms in total. The van der Waals surface area contributed by atoms with E-state index in [0.29, 0.717) is 0 Å². The van der Waals surface area contributed by atoms with Gasteiger partial charge in [0.15, 0.2) is 0 Å². The molecule has 0 aliphatic heterocycles. The van der Waals surface area contributed by atoms with Gasteiger partial charge in [-0.2, -0.15) is 0 Å². The molecular formula is C10H14N2. The van der Waals surface area contributed by atoms with Gasteiger partial charge in [-0.05, 0) is 18.6 Å². The summed E-state index contributed by atoms with van der Waals surface area (Å²) >= 11 is 0. The van der Waals surface area contributed by atoms with Gasteiger partial charge >= 0.3 is 0 Å². The van der Waals surface area contributed by atoms with Crippen molar-refractivity contribution >= 4 is 11.3 Å². The van der Waals surface area contributed by atoms with Crippen LogP contribution >= 0.6 is 0 Å². The first-order valence-corrected chi connectivity index (χ1v) is 3.90. The van der Waals surface area contributed by atoms with Crippen molar-refractivity contribution in [3.63, 3.8) is 0 Å². The first-order valence-electron chi connectivity index (χ1n) is 3.90. The van der Waals surface area contributed by atoms with Crippen LogP contribution in [0.15, 0.2) is 25.0 Å². The van der Waals surface area contributed by atoms with Gasteiger partial charge in [-0.3, -0.25) is 4.98 Å². The number of anilines is 1. The Balaban J connectivity index is 3.17. The predicted octanol–water partition coefficient (Wildman–Crippen LogP) is 2.18. The second kappa shape index (κ2) is 3.39. The fraction of sp³-hybridized carbons (Fsp3) is 0.300. The number of hydrogen-bond donors (Lipinski definition) is 0. The third-order valence-electron chi connectivity index (χ3n) is 1.74. The maximum atomic E-state index is 4.07. The number of allylic oxidation sites excluding steroid dienone is 1. The van der Waals surface area contributed by atoms with Gasteiger partial charge < -0.3 is 4.90 Å². The molecule has 1 aromatic rings. The fourth-order valence-electron chi connectivity index (χ4n) is 1.10. The molecule has 2 heteroatoms. The van der Waals surface area contributed by atoms with E-state index in [-0.39, 0.29) is 0 Å². The molecule has 64 valence electrons. The van der Waals surface area contributed by atoms with E-state index in [9.17, 15) is 0 Å². The third-order valence-corrected chi connectivity index (χ3v) is 1.74. The number of nitrogens with zero attached hydrogens (tertiary/aromatic N) is 2. The topological polar surface area (TPSA) is 16.1 Å². The molecule has 0 N–H and O–H groups in total. The summed E-state index contributed by atoms with van der Waals surface area (Å²) in [6.07, 6.45) is 3.64. The van der Waals surface area contributed by atoms with Gasteiger partial charge in [0.1, 0.15) is 0 Å². The van der Waals surface area contributed by atoms with Gasteiger partial charge in [0.05, 0.1) is 11.9 Å². The lowest BCUT2D eigenvalue weighted by Gasteiger charge is -2.16. The van der Waals surface area contributed by atoms with Crippen molar-refractivity contribution in [2.24, 2.45) is 0 Å². The highest BCUT2D eigenvalue weighted by Crippen LogP contribution is 2.22. The maximum Gasteiger partial charge on any atom is 0.0623 e. The lowest BCUT2D eigenvalue weighted by atomic mass is 10.1. The Morgan fingerprint density at radius 1 is 1.50 bits per heavy atom. The van der Waals surface area contributed by atoms with E-state index in [2.05, 4.69) is 11.6 Å². The average Bonchev–Trinajstić information content (AvgIpc) is 2.04. The normalized spacial score (nSPS) is 9.58. The summed E-state index contributed by atoms with van der Waals surface area (Å²) in [6.45, 7) is 5.92. The Labute approximate surface area is 73.5 Å². The summed E-state index contributed by atoms with van der Waals surface area (Å²) in [5, 5.41) is 0. The zero-order chi connectivity index (χ0) is 9.14. The molecule has 0 amide bonds. The second-order valence-electron chi connectivity index (χ2n) is 3.07. The molecule has 0 unspecified atom stereocenters. The van der Waals surface area contributed by atoms with E-state index < -0.39 is 0 Å². The standard InChI is InChI=1S/C10H14N2/c1-8(2)9-5-6-11-7-10(9)12(3)4/h5-7H,1H2,2-4H3. The summed E-state index contributed by atoms with van der Waals surface area (Å²) in [5.41, 5.74) is 3.35. The van der Waals surface area contributed by atoms with E-state index >= 15 is 0 Å². The molecule has 0 aliphatic rings. The highest BCUT2D eigenvalue weighted by molar-refractivity contribution is 5.73. The molecule has 0 saturated heterocycles. The fourth-order valence-corrected chi connectivity index (χ4v) is 1.10. The van der Waals surface area contributed by atoms with E-state index in [1.165, 1.54) is 0 Å². The zero-order valence-electron chi connectivity index (χ0n) is 7.83. The van der Waals surface area contributed by atoms with Crippen LogP contribution in [0.5, 0.6) is 0 Å². The lowest BCUT2D eigenvalue weighted by Crippen LogP contribution is -2.10. The Morgan fingerprint density at radius 2 is 2.17 bits per heavy atom. The number of aromatic nitrogens is 1. The maximum absolute atomic E-state index is 4.07. The minimum atomic E-state index is 1.07. The molecule has 0 saturated carbocycles. The van der Waals surface area contributed by atoms with Gasteiger partial charge in [0, 0.05) is 25.9 Å². The smallest absolute Gasteiger partial charge is 0.0623 e. The highest BCUT2D eigenvalue weighted by Gasteiger charge is 2.03. The van der Waals surface area contributed by atoms with Crippen molar-refractivity contribution in [3.8, 4) is 0 Å². The van der Waals surface area contributed by atoms with E-state index in [4.69, 9.17) is 0 Å². The predicted molar refractivity (Wildman–Crippen MR) is 53.3 cm³/mol. The minimum absolute atomic E-state index is 1.07. The summed E-state index contributed by atoms with van der Waals surface area (Å²) in [5.74, 6) is 0. The Hall–Kier alpha value is -1.31. The quantitative estimate of drug-likeness (QED) is 0.662. The summed E-state index contributed by atoms with van der Waals surface area (Å²) in [7, 11) is 4.01. The van der Waals surface area contributed by atoms with Gasteiger partial charge in [-0.25, -0.2) is 0 Å². The molecule has 0 atom stereocenters. The van der Waals surface area contributed by atoms with Crippen molar-refractivity contribution in [1.29, 1.82) is 0 Å². The number of rotatable bonds is 2. The molecule has 0 radical (unpaired) electrons. The summed E-state index contributed by atoms with van der Waals surface area (Å²) in [6, 6.07) is 1.98. The summed E-state index contributed by atoms with van der Waals surface area (Å²) in [4.78, 5) is 6.10. The van der Waals surface area contributed by atoms with Crippen LogP contribution in [0.3, 0.4) is 0 Å². The molecule has 0 bridgehead atoms. The molecule has 1 rings (SSSR count). The van der Waals surface area contributed by atoms with Crippen LogP contribution in [-0.2, 0) is 0 Å². The lowest BCUT2D eigenvalue weighted by molar-refractivity contribution is 1.10. The van der Waals surface area contributed by atoms with E-state index in [0.717, 1.165) is 16.8 Å². The number of pyridine rings is 1. The van der Waals surface area contributed by atoms with Crippen LogP contribution in [-0.4, -0.2) is 19.1 Å². The molecule has 1 heterocycles. The van der Waals surface area contributed by atoms with Crippen molar-refractivity contribution in [3.05, 3.63) is 30.6 Å². The van der Waals surface area contributed by atoms with Crippen molar-refractivity contribution in [2.45, 2.75) is 6.92 Å². The molecule has 0 fully saturated rings. The molecule has 1 aromatic heterocycles. The first-order chi connectivity index (χ1) is 5.63. The van der Waals surface area contributed by atoms with Crippen molar-refractivity contribution in [1.82, 2.24) is 4.98 Å². The Bertz CT molecular complexity index is 290. The van der Waals surface area contributed by atoms with Crippen LogP contribution in [0.2, 0.25) is 0 Å². The average molecular weight is 162 g/mol. The third kappa shape index (κ3) is 1.64. The summed E-state index contributed by atoms with van der Waals surface area (Å²) < 4.78 is 0. The SMILES string of the molecule is C=C(C)c1ccncc1N(C)C. The first kappa shape index (κ1) is 8.78. The second-order valence-corrected chi connectivity index (χ2v) is 3.07. The molecule has 0 aromatic carbocycles. The molecule has 0 aliphatic carbocycles. The largest absolute Gasteiger partial charge is 0.376 e. The Kier molecular flexibility index (Phi) is 2.48. The van der Waals surface area contributed by atoms with Gasteiger partial charge in [0.2, 0.25) is 0 Å². The highest BCUT2D eigenvalue weighted by atomic mass is 15.1. The monoisotopic (exact) mass is 162 g/mol. The van der Waals surface area contributed by atoms with Crippen LogP contribution in [0, 0.1) is 0 Å². The van der Waals surface area contributed by atoms with Gasteiger partial charge in [-0.1, -0.05) is 6.58 Å². The van der Waals surface area contributed by atoms with Crippen LogP contribution in [0.25, 0.3) is 5.57 Å². The van der Waals surface area contributed by atoms with Crippen LogP contribution < -0.4 is 4.90 Å². The van der Waals surface area contributed by atoms with Gasteiger partial charge in [0.25, 0.3) is 0 Å². The van der Waals surface area contributed by atoms with Crippen LogP contribution in [0.4, 0.5) is 5.69 Å². The van der Waals surface area contributed by atoms with Crippen molar-refractivity contribution < 1.29 is 0 Å². The van der Waals surface area contributed by atoms with E-state index in [1.807, 2.05) is 38.2 Å². The minimum Gasteiger partial charge on any atom is -0.376 e.